The summed E-state index contributed by atoms with van der Waals surface area (Å²) in [5.74, 6) is -0.956. The lowest BCUT2D eigenvalue weighted by Gasteiger charge is -2.33. The Hall–Kier alpha value is -1.75. The zero-order chi connectivity index (χ0) is 14.6. The highest BCUT2D eigenvalue weighted by Crippen LogP contribution is 2.26. The van der Waals surface area contributed by atoms with Crippen LogP contribution in [0.3, 0.4) is 0 Å². The van der Waals surface area contributed by atoms with Crippen LogP contribution in [-0.4, -0.2) is 49.2 Å². The fourth-order valence-corrected chi connectivity index (χ4v) is 2.30. The van der Waals surface area contributed by atoms with Crippen molar-refractivity contribution in [3.63, 3.8) is 0 Å². The van der Waals surface area contributed by atoms with Gasteiger partial charge in [-0.05, 0) is 46.1 Å². The molecule has 1 aromatic rings. The van der Waals surface area contributed by atoms with Crippen LogP contribution in [0.25, 0.3) is 0 Å². The van der Waals surface area contributed by atoms with E-state index >= 15 is 0 Å². The van der Waals surface area contributed by atoms with Crippen LogP contribution >= 0.6 is 0 Å². The zero-order valence-corrected chi connectivity index (χ0v) is 12.1. The molecule has 106 valence electrons. The second-order valence-electron chi connectivity index (χ2n) is 4.98. The second kappa shape index (κ2) is 6.43. The lowest BCUT2D eigenvalue weighted by molar-refractivity contribution is 0.0697. The summed E-state index contributed by atoms with van der Waals surface area (Å²) in [4.78, 5) is 15.2. The number of anilines is 2. The van der Waals surface area contributed by atoms with Gasteiger partial charge < -0.3 is 20.6 Å². The maximum absolute atomic E-state index is 10.9. The molecule has 0 amide bonds. The Bertz CT molecular complexity index is 446. The van der Waals surface area contributed by atoms with Gasteiger partial charge in [0.2, 0.25) is 0 Å². The van der Waals surface area contributed by atoms with Gasteiger partial charge in [-0.1, -0.05) is 0 Å². The van der Waals surface area contributed by atoms with Gasteiger partial charge in [-0.2, -0.15) is 0 Å². The first-order chi connectivity index (χ1) is 8.86. The molecule has 0 spiro atoms. The minimum Gasteiger partial charge on any atom is -0.478 e. The summed E-state index contributed by atoms with van der Waals surface area (Å²) in [6, 6.07) is 5.20. The number of nitrogen functional groups attached to an aromatic ring is 1. The third-order valence-electron chi connectivity index (χ3n) is 3.09. The molecule has 0 fully saturated rings. The monoisotopic (exact) mass is 265 g/mol. The van der Waals surface area contributed by atoms with Gasteiger partial charge in [-0.25, -0.2) is 4.79 Å². The molecule has 0 aliphatic heterocycles. The number of benzene rings is 1. The minimum absolute atomic E-state index is 0.220. The van der Waals surface area contributed by atoms with Crippen molar-refractivity contribution in [1.82, 2.24) is 4.90 Å². The Balaban J connectivity index is 3.02. The fourth-order valence-electron chi connectivity index (χ4n) is 2.30. The first-order valence-corrected chi connectivity index (χ1v) is 6.41. The molecule has 1 rings (SSSR count). The molecule has 5 nitrogen and oxygen atoms in total. The lowest BCUT2D eigenvalue weighted by atomic mass is 10.1. The predicted molar refractivity (Wildman–Crippen MR) is 78.8 cm³/mol. The highest BCUT2D eigenvalue weighted by molar-refractivity contribution is 5.90. The van der Waals surface area contributed by atoms with Gasteiger partial charge in [0, 0.05) is 19.1 Å². The highest BCUT2D eigenvalue weighted by atomic mass is 16.4. The van der Waals surface area contributed by atoms with Crippen molar-refractivity contribution in [2.45, 2.75) is 19.9 Å². The van der Waals surface area contributed by atoms with Gasteiger partial charge in [0.05, 0.1) is 16.9 Å². The van der Waals surface area contributed by atoms with Gasteiger partial charge >= 0.3 is 5.97 Å². The van der Waals surface area contributed by atoms with Crippen LogP contribution < -0.4 is 10.6 Å². The van der Waals surface area contributed by atoms with E-state index in [0.29, 0.717) is 11.7 Å². The molecule has 3 N–H and O–H groups in total. The van der Waals surface area contributed by atoms with E-state index in [1.807, 2.05) is 14.1 Å². The summed E-state index contributed by atoms with van der Waals surface area (Å²) in [5, 5.41) is 8.95. The number of carbonyl (C=O) groups is 1. The second-order valence-corrected chi connectivity index (χ2v) is 4.98. The fraction of sp³-hybridized carbons (Fsp3) is 0.500. The molecule has 1 unspecified atom stereocenters. The average Bonchev–Trinajstić information content (AvgIpc) is 2.30. The minimum atomic E-state index is -0.956. The predicted octanol–water partition coefficient (Wildman–Crippen LogP) is 1.74. The molecule has 1 atom stereocenters. The quantitative estimate of drug-likeness (QED) is 0.767. The van der Waals surface area contributed by atoms with Crippen LogP contribution in [0.5, 0.6) is 0 Å². The number of carboxylic acids is 1. The maximum Gasteiger partial charge on any atom is 0.335 e. The number of rotatable bonds is 6. The van der Waals surface area contributed by atoms with Crippen LogP contribution in [-0.2, 0) is 0 Å². The SMILES string of the molecule is CCN(c1ccc(C(=O)O)cc1N)C(C)CN(C)C. The first-order valence-electron chi connectivity index (χ1n) is 6.41. The molecule has 0 aliphatic carbocycles. The van der Waals surface area contributed by atoms with Crippen LogP contribution in [0.15, 0.2) is 18.2 Å². The van der Waals surface area contributed by atoms with E-state index in [2.05, 4.69) is 23.6 Å². The first kappa shape index (κ1) is 15.3. The topological polar surface area (TPSA) is 69.8 Å². The van der Waals surface area contributed by atoms with Gasteiger partial charge in [-0.3, -0.25) is 0 Å². The Labute approximate surface area is 114 Å². The molecule has 0 aromatic heterocycles. The summed E-state index contributed by atoms with van der Waals surface area (Å²) in [6.45, 7) is 5.93. The molecular formula is C14H23N3O2. The molecule has 5 heteroatoms. The summed E-state index contributed by atoms with van der Waals surface area (Å²) in [6.07, 6.45) is 0. The van der Waals surface area contributed by atoms with Gasteiger partial charge in [0.25, 0.3) is 0 Å². The lowest BCUT2D eigenvalue weighted by Crippen LogP contribution is -2.40. The van der Waals surface area contributed by atoms with Crippen LogP contribution in [0.2, 0.25) is 0 Å². The van der Waals surface area contributed by atoms with Crippen LogP contribution in [0, 0.1) is 0 Å². The molecule has 0 bridgehead atoms. The van der Waals surface area contributed by atoms with E-state index in [-0.39, 0.29) is 5.56 Å². The van der Waals surface area contributed by atoms with Gasteiger partial charge in [0.15, 0.2) is 0 Å². The molecular weight excluding hydrogens is 242 g/mol. The number of nitrogens with two attached hydrogens (primary N) is 1. The Morgan fingerprint density at radius 1 is 1.42 bits per heavy atom. The van der Waals surface area contributed by atoms with E-state index in [9.17, 15) is 4.79 Å². The number of hydrogen-bond acceptors (Lipinski definition) is 4. The van der Waals surface area contributed by atoms with Crippen molar-refractivity contribution in [2.24, 2.45) is 0 Å². The van der Waals surface area contributed by atoms with Crippen molar-refractivity contribution in [3.05, 3.63) is 23.8 Å². The zero-order valence-electron chi connectivity index (χ0n) is 12.1. The molecule has 0 aliphatic rings. The van der Waals surface area contributed by atoms with E-state index in [0.717, 1.165) is 18.8 Å². The normalized spacial score (nSPS) is 12.5. The Kier molecular flexibility index (Phi) is 5.18. The number of carboxylic acid groups (broad SMARTS) is 1. The number of hydrogen-bond donors (Lipinski definition) is 2. The average molecular weight is 265 g/mol. The Morgan fingerprint density at radius 3 is 2.47 bits per heavy atom. The molecule has 1 aromatic carbocycles. The van der Waals surface area contributed by atoms with Gasteiger partial charge in [0.1, 0.15) is 0 Å². The van der Waals surface area contributed by atoms with Crippen molar-refractivity contribution in [1.29, 1.82) is 0 Å². The van der Waals surface area contributed by atoms with E-state index in [1.165, 1.54) is 6.07 Å². The summed E-state index contributed by atoms with van der Waals surface area (Å²) in [7, 11) is 4.06. The third-order valence-corrected chi connectivity index (χ3v) is 3.09. The van der Waals surface area contributed by atoms with Crippen LogP contribution in [0.1, 0.15) is 24.2 Å². The molecule has 0 saturated carbocycles. The van der Waals surface area contributed by atoms with Gasteiger partial charge in [-0.15, -0.1) is 0 Å². The van der Waals surface area contributed by atoms with Crippen LogP contribution in [0.4, 0.5) is 11.4 Å². The van der Waals surface area contributed by atoms with E-state index < -0.39 is 5.97 Å². The number of nitrogens with zero attached hydrogens (tertiary/aromatic N) is 2. The summed E-state index contributed by atoms with van der Waals surface area (Å²) in [5.41, 5.74) is 7.60. The molecule has 19 heavy (non-hydrogen) atoms. The Morgan fingerprint density at radius 2 is 2.05 bits per heavy atom. The van der Waals surface area contributed by atoms with Crippen molar-refractivity contribution < 1.29 is 9.90 Å². The molecule has 0 heterocycles. The molecule has 0 radical (unpaired) electrons. The van der Waals surface area contributed by atoms with Crippen molar-refractivity contribution in [3.8, 4) is 0 Å². The van der Waals surface area contributed by atoms with E-state index in [1.54, 1.807) is 12.1 Å². The number of likely N-dealkylation sites (N-methyl/N-ethyl adjacent to an activating group) is 2. The highest BCUT2D eigenvalue weighted by Gasteiger charge is 2.17. The smallest absolute Gasteiger partial charge is 0.335 e. The standard InChI is InChI=1S/C14H23N3O2/c1-5-17(10(2)9-16(3)4)13-7-6-11(14(18)19)8-12(13)15/h6-8,10H,5,9,15H2,1-4H3,(H,18,19). The van der Waals surface area contributed by atoms with E-state index in [4.69, 9.17) is 10.8 Å². The summed E-state index contributed by atoms with van der Waals surface area (Å²) >= 11 is 0. The summed E-state index contributed by atoms with van der Waals surface area (Å²) < 4.78 is 0. The van der Waals surface area contributed by atoms with Crippen molar-refractivity contribution in [2.75, 3.05) is 37.8 Å². The third kappa shape index (κ3) is 3.86. The maximum atomic E-state index is 10.9. The molecule has 0 saturated heterocycles. The van der Waals surface area contributed by atoms with Crippen molar-refractivity contribution >= 4 is 17.3 Å². The number of aromatic carboxylic acids is 1. The largest absolute Gasteiger partial charge is 0.478 e.